The zero-order valence-electron chi connectivity index (χ0n) is 11.7. The van der Waals surface area contributed by atoms with E-state index in [4.69, 9.17) is 5.11 Å². The number of aryl methyl sites for hydroxylation is 2. The molecule has 0 fully saturated rings. The molecular weight excluding hydrogens is 272 g/mol. The number of hydrogen-bond donors (Lipinski definition) is 1. The smallest absolute Gasteiger partial charge is 0.303 e. The van der Waals surface area contributed by atoms with E-state index >= 15 is 0 Å². The lowest BCUT2D eigenvalue weighted by Crippen LogP contribution is -2.15. The first-order valence-electron chi connectivity index (χ1n) is 6.62. The van der Waals surface area contributed by atoms with Crippen molar-refractivity contribution in [3.8, 4) is 0 Å². The normalized spacial score (nSPS) is 10.5. The zero-order valence-corrected chi connectivity index (χ0v) is 12.5. The van der Waals surface area contributed by atoms with Gasteiger partial charge >= 0.3 is 5.97 Å². The lowest BCUT2D eigenvalue weighted by Gasteiger charge is -2.19. The number of anilines is 2. The highest BCUT2D eigenvalue weighted by Crippen LogP contribution is 2.31. The van der Waals surface area contributed by atoms with Crippen LogP contribution < -0.4 is 4.90 Å². The summed E-state index contributed by atoms with van der Waals surface area (Å²) in [6.07, 6.45) is 0.700. The Hall–Kier alpha value is -1.88. The van der Waals surface area contributed by atoms with Crippen LogP contribution in [0.4, 0.5) is 10.8 Å². The predicted molar refractivity (Wildman–Crippen MR) is 81.9 cm³/mol. The predicted octanol–water partition coefficient (Wildman–Crippen LogP) is 3.63. The van der Waals surface area contributed by atoms with Gasteiger partial charge in [-0.05, 0) is 32.4 Å². The topological polar surface area (TPSA) is 53.4 Å². The van der Waals surface area contributed by atoms with E-state index in [1.807, 2.05) is 25.1 Å². The molecule has 0 spiro atoms. The Labute approximate surface area is 122 Å². The van der Waals surface area contributed by atoms with Gasteiger partial charge in [-0.25, -0.2) is 4.98 Å². The molecule has 0 amide bonds. The number of thiazole rings is 1. The number of aliphatic carboxylic acids is 1. The van der Waals surface area contributed by atoms with Gasteiger partial charge in [-0.3, -0.25) is 4.79 Å². The van der Waals surface area contributed by atoms with Crippen LogP contribution in [0.3, 0.4) is 0 Å². The van der Waals surface area contributed by atoms with Crippen molar-refractivity contribution in [2.75, 3.05) is 11.4 Å². The summed E-state index contributed by atoms with van der Waals surface area (Å²) in [4.78, 5) is 18.5. The van der Waals surface area contributed by atoms with Crippen molar-refractivity contribution in [3.05, 3.63) is 40.9 Å². The van der Waals surface area contributed by atoms with Crippen LogP contribution in [0.2, 0.25) is 0 Å². The molecule has 0 saturated carbocycles. The third-order valence-electron chi connectivity index (χ3n) is 3.06. The maximum atomic E-state index is 10.7. The third-order valence-corrected chi connectivity index (χ3v) is 4.30. The van der Waals surface area contributed by atoms with Gasteiger partial charge in [0.1, 0.15) is 0 Å². The van der Waals surface area contributed by atoms with Gasteiger partial charge in [0.05, 0.1) is 12.1 Å². The number of para-hydroxylation sites is 1. The van der Waals surface area contributed by atoms with Crippen molar-refractivity contribution in [1.82, 2.24) is 4.98 Å². The maximum Gasteiger partial charge on any atom is 0.303 e. The molecule has 5 heteroatoms. The van der Waals surface area contributed by atoms with Crippen LogP contribution in [0.5, 0.6) is 0 Å². The van der Waals surface area contributed by atoms with Gasteiger partial charge in [-0.15, -0.1) is 11.3 Å². The van der Waals surface area contributed by atoms with Crippen LogP contribution in [0.15, 0.2) is 30.3 Å². The molecule has 20 heavy (non-hydrogen) atoms. The standard InChI is InChI=1S/C15H18N2O2S/c1-3-17(12-7-5-4-6-8-12)15-16-11(2)13(20-15)9-10-14(18)19/h4-8H,3,9-10H2,1-2H3,(H,18,19). The van der Waals surface area contributed by atoms with Crippen molar-refractivity contribution in [2.24, 2.45) is 0 Å². The van der Waals surface area contributed by atoms with E-state index in [-0.39, 0.29) is 6.42 Å². The van der Waals surface area contributed by atoms with E-state index in [0.717, 1.165) is 27.9 Å². The molecule has 0 radical (unpaired) electrons. The molecule has 0 unspecified atom stereocenters. The lowest BCUT2D eigenvalue weighted by molar-refractivity contribution is -0.136. The fourth-order valence-corrected chi connectivity index (χ4v) is 3.16. The summed E-state index contributed by atoms with van der Waals surface area (Å²) in [6, 6.07) is 10.1. The highest BCUT2D eigenvalue weighted by molar-refractivity contribution is 7.15. The molecule has 2 rings (SSSR count). The molecule has 1 aromatic carbocycles. The monoisotopic (exact) mass is 290 g/mol. The minimum Gasteiger partial charge on any atom is -0.481 e. The van der Waals surface area contributed by atoms with E-state index in [1.54, 1.807) is 11.3 Å². The van der Waals surface area contributed by atoms with Crippen LogP contribution in [0.1, 0.15) is 23.9 Å². The number of carboxylic acids is 1. The fraction of sp³-hybridized carbons (Fsp3) is 0.333. The highest BCUT2D eigenvalue weighted by atomic mass is 32.1. The van der Waals surface area contributed by atoms with Crippen molar-refractivity contribution >= 4 is 28.1 Å². The third kappa shape index (κ3) is 3.36. The van der Waals surface area contributed by atoms with Crippen molar-refractivity contribution in [3.63, 3.8) is 0 Å². The molecule has 1 aromatic heterocycles. The quantitative estimate of drug-likeness (QED) is 0.882. The maximum absolute atomic E-state index is 10.7. The van der Waals surface area contributed by atoms with Crippen molar-refractivity contribution in [1.29, 1.82) is 0 Å². The van der Waals surface area contributed by atoms with Crippen molar-refractivity contribution < 1.29 is 9.90 Å². The number of hydrogen-bond acceptors (Lipinski definition) is 4. The second-order valence-electron chi connectivity index (χ2n) is 4.48. The first-order chi connectivity index (χ1) is 9.61. The number of carboxylic acid groups (broad SMARTS) is 1. The van der Waals surface area contributed by atoms with E-state index in [2.05, 4.69) is 28.9 Å². The molecule has 0 bridgehead atoms. The highest BCUT2D eigenvalue weighted by Gasteiger charge is 2.15. The Kier molecular flexibility index (Phi) is 4.74. The van der Waals surface area contributed by atoms with Crippen LogP contribution >= 0.6 is 11.3 Å². The SMILES string of the molecule is CCN(c1ccccc1)c1nc(C)c(CCC(=O)O)s1. The molecule has 0 aliphatic rings. The number of aromatic nitrogens is 1. The molecule has 0 atom stereocenters. The second kappa shape index (κ2) is 6.52. The van der Waals surface area contributed by atoms with Gasteiger partial charge in [0.25, 0.3) is 0 Å². The van der Waals surface area contributed by atoms with Crippen LogP contribution in [0, 0.1) is 6.92 Å². The van der Waals surface area contributed by atoms with Crippen molar-refractivity contribution in [2.45, 2.75) is 26.7 Å². The minimum atomic E-state index is -0.769. The summed E-state index contributed by atoms with van der Waals surface area (Å²) in [5.41, 5.74) is 2.04. The summed E-state index contributed by atoms with van der Waals surface area (Å²) in [6.45, 7) is 4.85. The van der Waals surface area contributed by atoms with E-state index < -0.39 is 5.97 Å². The van der Waals surface area contributed by atoms with E-state index in [9.17, 15) is 4.79 Å². The summed E-state index contributed by atoms with van der Waals surface area (Å²) in [5, 5.41) is 9.71. The van der Waals surface area contributed by atoms with E-state index in [1.165, 1.54) is 0 Å². The van der Waals surface area contributed by atoms with Crippen LogP contribution in [-0.2, 0) is 11.2 Å². The van der Waals surface area contributed by atoms with Crippen LogP contribution in [-0.4, -0.2) is 22.6 Å². The van der Waals surface area contributed by atoms with Gasteiger partial charge in [0.15, 0.2) is 5.13 Å². The molecule has 0 aliphatic heterocycles. The number of nitrogens with zero attached hydrogens (tertiary/aromatic N) is 2. The number of carbonyl (C=O) groups is 1. The average Bonchev–Trinajstić information content (AvgIpc) is 2.79. The molecule has 1 heterocycles. The lowest BCUT2D eigenvalue weighted by atomic mass is 10.2. The fourth-order valence-electron chi connectivity index (χ4n) is 2.02. The Morgan fingerprint density at radius 2 is 2.05 bits per heavy atom. The summed E-state index contributed by atoms with van der Waals surface area (Å²) in [7, 11) is 0. The van der Waals surface area contributed by atoms with Gasteiger partial charge in [-0.1, -0.05) is 18.2 Å². The summed E-state index contributed by atoms with van der Waals surface area (Å²) >= 11 is 1.58. The molecule has 0 aliphatic carbocycles. The molecule has 4 nitrogen and oxygen atoms in total. The molecule has 2 aromatic rings. The molecule has 1 N–H and O–H groups in total. The van der Waals surface area contributed by atoms with Gasteiger partial charge < -0.3 is 10.0 Å². The van der Waals surface area contributed by atoms with Gasteiger partial charge in [0.2, 0.25) is 0 Å². The second-order valence-corrected chi connectivity index (χ2v) is 5.54. The van der Waals surface area contributed by atoms with E-state index in [0.29, 0.717) is 6.42 Å². The summed E-state index contributed by atoms with van der Waals surface area (Å²) in [5.74, 6) is -0.769. The Morgan fingerprint density at radius 3 is 2.65 bits per heavy atom. The molecule has 106 valence electrons. The largest absolute Gasteiger partial charge is 0.481 e. The first kappa shape index (κ1) is 14.5. The Balaban J connectivity index is 2.23. The minimum absolute atomic E-state index is 0.153. The first-order valence-corrected chi connectivity index (χ1v) is 7.44. The summed E-state index contributed by atoms with van der Waals surface area (Å²) < 4.78 is 0. The van der Waals surface area contributed by atoms with Gasteiger partial charge in [-0.2, -0.15) is 0 Å². The average molecular weight is 290 g/mol. The molecule has 0 saturated heterocycles. The number of benzene rings is 1. The number of rotatable bonds is 6. The van der Waals surface area contributed by atoms with Gasteiger partial charge in [0, 0.05) is 17.1 Å². The zero-order chi connectivity index (χ0) is 14.5. The Morgan fingerprint density at radius 1 is 1.35 bits per heavy atom. The van der Waals surface area contributed by atoms with Crippen LogP contribution in [0.25, 0.3) is 0 Å². The Bertz CT molecular complexity index is 581. The molecular formula is C15H18N2O2S.